The lowest BCUT2D eigenvalue weighted by Crippen LogP contribution is -2.14. The molecule has 76 valence electrons. The Morgan fingerprint density at radius 2 is 2.21 bits per heavy atom. The molecule has 0 aliphatic rings. The highest BCUT2D eigenvalue weighted by Gasteiger charge is 2.17. The van der Waals surface area contributed by atoms with E-state index in [1.54, 1.807) is 25.1 Å². The first-order valence-electron chi connectivity index (χ1n) is 4.29. The summed E-state index contributed by atoms with van der Waals surface area (Å²) < 4.78 is 13.1. The first-order valence-corrected chi connectivity index (χ1v) is 5.17. The van der Waals surface area contributed by atoms with Gasteiger partial charge in [-0.05, 0) is 18.6 Å². The fraction of sp³-hybridized carbons (Fsp3) is 0.300. The molecule has 0 bridgehead atoms. The van der Waals surface area contributed by atoms with Crippen molar-refractivity contribution in [2.24, 2.45) is 0 Å². The summed E-state index contributed by atoms with van der Waals surface area (Å²) in [7, 11) is 0. The van der Waals surface area contributed by atoms with Crippen LogP contribution in [0.3, 0.4) is 0 Å². The maximum atomic E-state index is 13.1. The van der Waals surface area contributed by atoms with Gasteiger partial charge in [-0.15, -0.1) is 11.8 Å². The topological polar surface area (TPSA) is 37.3 Å². The van der Waals surface area contributed by atoms with Crippen molar-refractivity contribution >= 4 is 17.7 Å². The molecule has 0 fully saturated rings. The van der Waals surface area contributed by atoms with Gasteiger partial charge in [0.2, 0.25) is 0 Å². The van der Waals surface area contributed by atoms with Gasteiger partial charge in [-0.25, -0.2) is 4.39 Å². The summed E-state index contributed by atoms with van der Waals surface area (Å²) in [5, 5.41) is 8.21. The van der Waals surface area contributed by atoms with Gasteiger partial charge in [-0.2, -0.15) is 0 Å². The van der Waals surface area contributed by atoms with Crippen LogP contribution in [0.15, 0.2) is 29.2 Å². The van der Waals surface area contributed by atoms with Gasteiger partial charge < -0.3 is 5.11 Å². The Balaban J connectivity index is 2.77. The number of hydrogen-bond donors (Lipinski definition) is 1. The third kappa shape index (κ3) is 2.73. The van der Waals surface area contributed by atoms with Crippen LogP contribution in [0.4, 0.5) is 4.39 Å². The number of rotatable bonds is 4. The maximum Gasteiger partial charge on any atom is 0.316 e. The van der Waals surface area contributed by atoms with Crippen molar-refractivity contribution in [2.45, 2.75) is 23.5 Å². The molecule has 0 aliphatic carbocycles. The van der Waals surface area contributed by atoms with E-state index in [1.165, 1.54) is 6.07 Å². The van der Waals surface area contributed by atoms with E-state index in [0.717, 1.165) is 11.8 Å². The molecule has 1 aromatic carbocycles. The average molecular weight is 214 g/mol. The summed E-state index contributed by atoms with van der Waals surface area (Å²) in [6.45, 7) is 1.77. The largest absolute Gasteiger partial charge is 0.480 e. The lowest BCUT2D eigenvalue weighted by molar-refractivity contribution is -0.136. The monoisotopic (exact) mass is 214 g/mol. The number of aliphatic carboxylic acids is 1. The van der Waals surface area contributed by atoms with Gasteiger partial charge in [-0.3, -0.25) is 4.79 Å². The summed E-state index contributed by atoms with van der Waals surface area (Å²) in [5.74, 6) is -1.27. The third-order valence-electron chi connectivity index (χ3n) is 1.75. The zero-order chi connectivity index (χ0) is 10.6. The van der Waals surface area contributed by atoms with Gasteiger partial charge in [0.1, 0.15) is 11.1 Å². The summed E-state index contributed by atoms with van der Waals surface area (Å²) in [4.78, 5) is 11.1. The highest BCUT2D eigenvalue weighted by molar-refractivity contribution is 8.00. The Hall–Kier alpha value is -1.03. The van der Waals surface area contributed by atoms with Crippen LogP contribution in [0.5, 0.6) is 0 Å². The van der Waals surface area contributed by atoms with E-state index in [1.807, 2.05) is 0 Å². The van der Waals surface area contributed by atoms with E-state index in [0.29, 0.717) is 11.3 Å². The zero-order valence-electron chi connectivity index (χ0n) is 7.74. The van der Waals surface area contributed by atoms with E-state index >= 15 is 0 Å². The van der Waals surface area contributed by atoms with Gasteiger partial charge in [-0.1, -0.05) is 19.1 Å². The van der Waals surface area contributed by atoms with Crippen LogP contribution < -0.4 is 0 Å². The van der Waals surface area contributed by atoms with Gasteiger partial charge in [0, 0.05) is 4.90 Å². The minimum absolute atomic E-state index is 0.364. The number of hydrogen-bond acceptors (Lipinski definition) is 2. The number of carbonyl (C=O) groups is 1. The van der Waals surface area contributed by atoms with Crippen LogP contribution in [0.1, 0.15) is 13.3 Å². The molecule has 0 aromatic heterocycles. The van der Waals surface area contributed by atoms with E-state index in [4.69, 9.17) is 5.11 Å². The van der Waals surface area contributed by atoms with Crippen molar-refractivity contribution in [3.8, 4) is 0 Å². The van der Waals surface area contributed by atoms with Crippen molar-refractivity contribution in [1.29, 1.82) is 0 Å². The quantitative estimate of drug-likeness (QED) is 0.783. The third-order valence-corrected chi connectivity index (χ3v) is 3.16. The highest BCUT2D eigenvalue weighted by atomic mass is 32.2. The number of carboxylic acid groups (broad SMARTS) is 1. The van der Waals surface area contributed by atoms with Crippen molar-refractivity contribution in [1.82, 2.24) is 0 Å². The molecule has 0 spiro atoms. The van der Waals surface area contributed by atoms with Crippen LogP contribution in [0, 0.1) is 5.82 Å². The molecular weight excluding hydrogens is 203 g/mol. The normalized spacial score (nSPS) is 12.4. The second kappa shape index (κ2) is 5.00. The fourth-order valence-electron chi connectivity index (χ4n) is 1.00. The molecule has 4 heteroatoms. The first kappa shape index (κ1) is 11.0. The molecule has 0 heterocycles. The van der Waals surface area contributed by atoms with Crippen LogP contribution in [-0.2, 0) is 4.79 Å². The van der Waals surface area contributed by atoms with E-state index in [9.17, 15) is 9.18 Å². The first-order chi connectivity index (χ1) is 6.65. The Labute approximate surface area is 86.1 Å². The molecule has 0 saturated heterocycles. The Morgan fingerprint density at radius 3 is 2.71 bits per heavy atom. The predicted molar refractivity (Wildman–Crippen MR) is 54.0 cm³/mol. The second-order valence-corrected chi connectivity index (χ2v) is 4.03. The SMILES string of the molecule is CCC(Sc1ccccc1F)C(=O)O. The fourth-order valence-corrected chi connectivity index (χ4v) is 1.91. The summed E-state index contributed by atoms with van der Waals surface area (Å²) in [5.41, 5.74) is 0. The van der Waals surface area contributed by atoms with Gasteiger partial charge in [0.15, 0.2) is 0 Å². The predicted octanol–water partition coefficient (Wildman–Crippen LogP) is 2.78. The highest BCUT2D eigenvalue weighted by Crippen LogP contribution is 2.27. The molecule has 2 nitrogen and oxygen atoms in total. The zero-order valence-corrected chi connectivity index (χ0v) is 8.55. The van der Waals surface area contributed by atoms with Crippen molar-refractivity contribution in [3.63, 3.8) is 0 Å². The average Bonchev–Trinajstić information content (AvgIpc) is 2.16. The Kier molecular flexibility index (Phi) is 3.95. The van der Waals surface area contributed by atoms with Gasteiger partial charge >= 0.3 is 5.97 Å². The van der Waals surface area contributed by atoms with Crippen molar-refractivity contribution in [3.05, 3.63) is 30.1 Å². The Morgan fingerprint density at radius 1 is 1.57 bits per heavy atom. The van der Waals surface area contributed by atoms with Crippen molar-refractivity contribution in [2.75, 3.05) is 0 Å². The molecule has 1 atom stereocenters. The molecule has 0 amide bonds. The second-order valence-electron chi connectivity index (χ2n) is 2.78. The van der Waals surface area contributed by atoms with Gasteiger partial charge in [0.05, 0.1) is 0 Å². The molecule has 1 rings (SSSR count). The smallest absolute Gasteiger partial charge is 0.316 e. The molecule has 14 heavy (non-hydrogen) atoms. The lowest BCUT2D eigenvalue weighted by Gasteiger charge is -2.09. The van der Waals surface area contributed by atoms with Crippen LogP contribution in [0.25, 0.3) is 0 Å². The molecule has 1 N–H and O–H groups in total. The van der Waals surface area contributed by atoms with Crippen LogP contribution in [0.2, 0.25) is 0 Å². The molecule has 1 aromatic rings. The summed E-state index contributed by atoms with van der Waals surface area (Å²) in [6, 6.07) is 6.20. The number of thioether (sulfide) groups is 1. The van der Waals surface area contributed by atoms with Crippen LogP contribution >= 0.6 is 11.8 Å². The lowest BCUT2D eigenvalue weighted by atomic mass is 10.3. The number of benzene rings is 1. The molecule has 0 saturated carbocycles. The van der Waals surface area contributed by atoms with E-state index < -0.39 is 11.2 Å². The molecule has 0 aliphatic heterocycles. The molecule has 0 radical (unpaired) electrons. The number of halogens is 1. The van der Waals surface area contributed by atoms with Gasteiger partial charge in [0.25, 0.3) is 0 Å². The number of carboxylic acids is 1. The minimum atomic E-state index is -0.902. The standard InChI is InChI=1S/C10H11FO2S/c1-2-8(10(12)13)14-9-6-4-3-5-7(9)11/h3-6,8H,2H2,1H3,(H,12,13). The maximum absolute atomic E-state index is 13.1. The Bertz CT molecular complexity index is 328. The minimum Gasteiger partial charge on any atom is -0.480 e. The van der Waals surface area contributed by atoms with E-state index in [2.05, 4.69) is 0 Å². The van der Waals surface area contributed by atoms with Crippen molar-refractivity contribution < 1.29 is 14.3 Å². The van der Waals surface area contributed by atoms with Crippen LogP contribution in [-0.4, -0.2) is 16.3 Å². The summed E-state index contributed by atoms with van der Waals surface area (Å²) in [6.07, 6.45) is 0.480. The molecular formula is C10H11FO2S. The molecule has 1 unspecified atom stereocenters. The summed E-state index contributed by atoms with van der Waals surface area (Å²) >= 11 is 1.05. The van der Waals surface area contributed by atoms with E-state index in [-0.39, 0.29) is 5.82 Å².